The topological polar surface area (TPSA) is 41.5 Å². The summed E-state index contributed by atoms with van der Waals surface area (Å²) < 4.78 is 0.982. The number of amides is 1. The Morgan fingerprint density at radius 1 is 1.09 bits per heavy atom. The van der Waals surface area contributed by atoms with Crippen LogP contribution in [0.5, 0.6) is 0 Å². The van der Waals surface area contributed by atoms with Crippen LogP contribution in [0.15, 0.2) is 65.8 Å². The molecule has 0 radical (unpaired) electrons. The average Bonchev–Trinajstić information content (AvgIpc) is 2.93. The van der Waals surface area contributed by atoms with Gasteiger partial charge >= 0.3 is 0 Å². The van der Waals surface area contributed by atoms with Crippen LogP contribution < -0.4 is 5.43 Å². The highest BCUT2D eigenvalue weighted by Gasteiger charge is 2.16. The predicted molar refractivity (Wildman–Crippen MR) is 98.3 cm³/mol. The quantitative estimate of drug-likeness (QED) is 0.528. The van der Waals surface area contributed by atoms with Crippen LogP contribution >= 0.6 is 22.9 Å². The number of hydrogen-bond donors (Lipinski definition) is 1. The highest BCUT2D eigenvalue weighted by Crippen LogP contribution is 2.34. The zero-order valence-electron chi connectivity index (χ0n) is 12.1. The number of fused-ring (bicyclic) bond motifs is 1. The molecule has 0 fully saturated rings. The van der Waals surface area contributed by atoms with Crippen molar-refractivity contribution in [1.29, 1.82) is 0 Å². The van der Waals surface area contributed by atoms with Crippen LogP contribution in [-0.4, -0.2) is 12.1 Å². The Hall–Kier alpha value is -2.43. The molecule has 5 heteroatoms. The first kappa shape index (κ1) is 15.5. The minimum Gasteiger partial charge on any atom is -0.266 e. The van der Waals surface area contributed by atoms with E-state index in [0.717, 1.165) is 15.6 Å². The summed E-state index contributed by atoms with van der Waals surface area (Å²) >= 11 is 7.61. The molecule has 0 saturated carbocycles. The number of rotatable bonds is 4. The van der Waals surface area contributed by atoms with E-state index in [9.17, 15) is 4.79 Å². The molecule has 3 aromatic rings. The van der Waals surface area contributed by atoms with Crippen molar-refractivity contribution < 1.29 is 4.79 Å². The van der Waals surface area contributed by atoms with E-state index in [0.29, 0.717) is 9.90 Å². The fraction of sp³-hybridized carbons (Fsp3) is 0. The third-order valence-electron chi connectivity index (χ3n) is 3.16. The van der Waals surface area contributed by atoms with Crippen molar-refractivity contribution in [3.63, 3.8) is 0 Å². The number of thiophene rings is 1. The first-order valence-electron chi connectivity index (χ1n) is 6.98. The normalized spacial score (nSPS) is 11.5. The molecule has 1 amide bonds. The second kappa shape index (κ2) is 7.22. The van der Waals surface area contributed by atoms with E-state index in [4.69, 9.17) is 11.6 Å². The van der Waals surface area contributed by atoms with Crippen molar-refractivity contribution in [1.82, 2.24) is 5.43 Å². The molecule has 0 aliphatic heterocycles. The van der Waals surface area contributed by atoms with E-state index in [-0.39, 0.29) is 5.91 Å². The second-order valence-corrected chi connectivity index (χ2v) is 6.16. The van der Waals surface area contributed by atoms with E-state index in [1.165, 1.54) is 17.6 Å². The Bertz CT molecular complexity index is 884. The SMILES string of the molecule is O=C(N/N=C/C=C/c1ccccc1)c1sc2ccccc2c1Cl. The Labute approximate surface area is 142 Å². The van der Waals surface area contributed by atoms with E-state index >= 15 is 0 Å². The number of hydrazone groups is 1. The molecule has 0 aliphatic carbocycles. The number of halogens is 1. The molecule has 3 rings (SSSR count). The molecule has 0 spiro atoms. The predicted octanol–water partition coefficient (Wildman–Crippen LogP) is 4.98. The number of allylic oxidation sites excluding steroid dienone is 1. The molecule has 1 N–H and O–H groups in total. The lowest BCUT2D eigenvalue weighted by atomic mass is 10.2. The van der Waals surface area contributed by atoms with Gasteiger partial charge in [-0.1, -0.05) is 66.2 Å². The summed E-state index contributed by atoms with van der Waals surface area (Å²) in [6.07, 6.45) is 5.20. The first-order valence-corrected chi connectivity index (χ1v) is 8.17. The van der Waals surface area contributed by atoms with Gasteiger partial charge < -0.3 is 0 Å². The Kier molecular flexibility index (Phi) is 4.86. The molecule has 23 heavy (non-hydrogen) atoms. The summed E-state index contributed by atoms with van der Waals surface area (Å²) in [5.74, 6) is -0.305. The fourth-order valence-electron chi connectivity index (χ4n) is 2.07. The maximum absolute atomic E-state index is 12.1. The van der Waals surface area contributed by atoms with Gasteiger partial charge in [-0.05, 0) is 17.7 Å². The third-order valence-corrected chi connectivity index (χ3v) is 4.83. The summed E-state index contributed by atoms with van der Waals surface area (Å²) in [6, 6.07) is 17.5. The summed E-state index contributed by atoms with van der Waals surface area (Å²) in [5, 5.41) is 5.27. The van der Waals surface area contributed by atoms with Gasteiger partial charge in [0, 0.05) is 16.3 Å². The van der Waals surface area contributed by atoms with Gasteiger partial charge in [0.25, 0.3) is 5.91 Å². The zero-order valence-corrected chi connectivity index (χ0v) is 13.6. The third kappa shape index (κ3) is 3.67. The van der Waals surface area contributed by atoms with Crippen molar-refractivity contribution in [2.75, 3.05) is 0 Å². The first-order chi connectivity index (χ1) is 11.3. The van der Waals surface area contributed by atoms with E-state index in [1.807, 2.05) is 60.7 Å². The molecule has 2 aromatic carbocycles. The van der Waals surface area contributed by atoms with Crippen LogP contribution in [0.2, 0.25) is 5.02 Å². The summed E-state index contributed by atoms with van der Waals surface area (Å²) in [5.41, 5.74) is 3.56. The lowest BCUT2D eigenvalue weighted by molar-refractivity contribution is 0.0959. The molecule has 0 aliphatic rings. The molecular formula is C18H13ClN2OS. The van der Waals surface area contributed by atoms with Gasteiger partial charge in [-0.2, -0.15) is 5.10 Å². The van der Waals surface area contributed by atoms with E-state index in [1.54, 1.807) is 6.08 Å². The largest absolute Gasteiger partial charge is 0.283 e. The maximum Gasteiger partial charge on any atom is 0.283 e. The lowest BCUT2D eigenvalue weighted by Crippen LogP contribution is -2.16. The van der Waals surface area contributed by atoms with Crippen LogP contribution in [0.4, 0.5) is 0 Å². The Balaban J connectivity index is 1.66. The smallest absolute Gasteiger partial charge is 0.266 e. The minimum absolute atomic E-state index is 0.305. The van der Waals surface area contributed by atoms with Crippen molar-refractivity contribution in [3.05, 3.63) is 76.1 Å². The van der Waals surface area contributed by atoms with Gasteiger partial charge in [0.05, 0.1) is 5.02 Å². The maximum atomic E-state index is 12.1. The molecule has 1 heterocycles. The summed E-state index contributed by atoms with van der Waals surface area (Å²) in [4.78, 5) is 12.6. The van der Waals surface area contributed by atoms with Gasteiger partial charge in [-0.25, -0.2) is 5.43 Å². The summed E-state index contributed by atoms with van der Waals surface area (Å²) in [7, 11) is 0. The highest BCUT2D eigenvalue weighted by molar-refractivity contribution is 7.21. The van der Waals surface area contributed by atoms with Crippen molar-refractivity contribution >= 4 is 51.2 Å². The molecule has 114 valence electrons. The van der Waals surface area contributed by atoms with Gasteiger partial charge in [0.15, 0.2) is 0 Å². The Morgan fingerprint density at radius 3 is 2.61 bits per heavy atom. The number of nitrogens with zero attached hydrogens (tertiary/aromatic N) is 1. The molecule has 0 bridgehead atoms. The molecule has 0 unspecified atom stereocenters. The van der Waals surface area contributed by atoms with Crippen LogP contribution in [0.1, 0.15) is 15.2 Å². The summed E-state index contributed by atoms with van der Waals surface area (Å²) in [6.45, 7) is 0. The monoisotopic (exact) mass is 340 g/mol. The minimum atomic E-state index is -0.305. The number of carbonyl (C=O) groups is 1. The van der Waals surface area contributed by atoms with Crippen LogP contribution in [-0.2, 0) is 0 Å². The fourth-order valence-corrected chi connectivity index (χ4v) is 3.47. The highest BCUT2D eigenvalue weighted by atomic mass is 35.5. The molecular weight excluding hydrogens is 328 g/mol. The van der Waals surface area contributed by atoms with Crippen LogP contribution in [0, 0.1) is 0 Å². The molecule has 0 atom stereocenters. The van der Waals surface area contributed by atoms with Gasteiger partial charge in [-0.15, -0.1) is 11.3 Å². The molecule has 1 aromatic heterocycles. The average molecular weight is 341 g/mol. The molecule has 0 saturated heterocycles. The molecule has 3 nitrogen and oxygen atoms in total. The number of hydrogen-bond acceptors (Lipinski definition) is 3. The number of carbonyl (C=O) groups excluding carboxylic acids is 1. The van der Waals surface area contributed by atoms with Crippen molar-refractivity contribution in [2.45, 2.75) is 0 Å². The zero-order chi connectivity index (χ0) is 16.1. The second-order valence-electron chi connectivity index (χ2n) is 4.73. The Morgan fingerprint density at radius 2 is 1.83 bits per heavy atom. The van der Waals surface area contributed by atoms with Crippen LogP contribution in [0.3, 0.4) is 0 Å². The standard InChI is InChI=1S/C18H13ClN2OS/c19-16-14-10-4-5-11-15(14)23-17(16)18(22)21-20-12-6-9-13-7-2-1-3-8-13/h1-12H,(H,21,22)/b9-6+,20-12+. The number of nitrogens with one attached hydrogen (secondary N) is 1. The van der Waals surface area contributed by atoms with E-state index < -0.39 is 0 Å². The lowest BCUT2D eigenvalue weighted by Gasteiger charge is -1.96. The van der Waals surface area contributed by atoms with Crippen LogP contribution in [0.25, 0.3) is 16.2 Å². The van der Waals surface area contributed by atoms with Crippen molar-refractivity contribution in [3.8, 4) is 0 Å². The van der Waals surface area contributed by atoms with E-state index in [2.05, 4.69) is 10.5 Å². The van der Waals surface area contributed by atoms with Gasteiger partial charge in [0.2, 0.25) is 0 Å². The van der Waals surface area contributed by atoms with Gasteiger partial charge in [-0.3, -0.25) is 4.79 Å². The number of benzene rings is 2. The van der Waals surface area contributed by atoms with Gasteiger partial charge in [0.1, 0.15) is 4.88 Å². The van der Waals surface area contributed by atoms with Crippen molar-refractivity contribution in [2.24, 2.45) is 5.10 Å².